The van der Waals surface area contributed by atoms with Crippen molar-refractivity contribution in [2.75, 3.05) is 20.6 Å². The minimum absolute atomic E-state index is 0.636. The van der Waals surface area contributed by atoms with Crippen molar-refractivity contribution >= 4 is 0 Å². The second-order valence-corrected chi connectivity index (χ2v) is 4.81. The molecular weight excluding hydrogens is 172 g/mol. The Morgan fingerprint density at radius 3 is 1.79 bits per heavy atom. The highest BCUT2D eigenvalue weighted by Crippen LogP contribution is 2.07. The average molecular weight is 200 g/mol. The Kier molecular flexibility index (Phi) is 6.38. The molecule has 0 saturated heterocycles. The Hall–Kier alpha value is -0.0800. The molecule has 0 aromatic carbocycles. The molecule has 0 aromatic rings. The molecule has 2 atom stereocenters. The van der Waals surface area contributed by atoms with Gasteiger partial charge in [0, 0.05) is 24.7 Å². The molecule has 0 saturated carbocycles. The second-order valence-electron chi connectivity index (χ2n) is 4.81. The molecule has 2 unspecified atom stereocenters. The summed E-state index contributed by atoms with van der Waals surface area (Å²) in [7, 11) is 4.43. The van der Waals surface area contributed by atoms with E-state index in [9.17, 15) is 0 Å². The Labute approximate surface area is 90.3 Å². The van der Waals surface area contributed by atoms with Crippen LogP contribution in [0.15, 0.2) is 0 Å². The smallest absolute Gasteiger partial charge is 0.0194 e. The zero-order chi connectivity index (χ0) is 11.3. The highest BCUT2D eigenvalue weighted by atomic mass is 15.2. The van der Waals surface area contributed by atoms with Crippen molar-refractivity contribution < 1.29 is 0 Å². The maximum atomic E-state index is 2.47. The van der Waals surface area contributed by atoms with E-state index in [-0.39, 0.29) is 0 Å². The summed E-state index contributed by atoms with van der Waals surface area (Å²) in [6.45, 7) is 12.5. The Morgan fingerprint density at radius 1 is 0.929 bits per heavy atom. The predicted molar refractivity (Wildman–Crippen MR) is 64.7 cm³/mol. The van der Waals surface area contributed by atoms with Crippen LogP contribution in [0.2, 0.25) is 0 Å². The van der Waals surface area contributed by atoms with Crippen LogP contribution in [0.5, 0.6) is 0 Å². The molecule has 0 aromatic heterocycles. The quantitative estimate of drug-likeness (QED) is 0.650. The summed E-state index contributed by atoms with van der Waals surface area (Å²) in [5, 5.41) is 0. The maximum Gasteiger partial charge on any atom is 0.0194 e. The fourth-order valence-corrected chi connectivity index (χ4v) is 1.48. The van der Waals surface area contributed by atoms with Crippen LogP contribution < -0.4 is 0 Å². The maximum absolute atomic E-state index is 2.47. The van der Waals surface area contributed by atoms with E-state index in [0.29, 0.717) is 18.1 Å². The van der Waals surface area contributed by atoms with Gasteiger partial charge in [0.05, 0.1) is 0 Å². The predicted octanol–water partition coefficient (Wildman–Crippen LogP) is 2.45. The van der Waals surface area contributed by atoms with Crippen molar-refractivity contribution in [3.05, 3.63) is 0 Å². The van der Waals surface area contributed by atoms with E-state index < -0.39 is 0 Å². The second kappa shape index (κ2) is 6.41. The Bertz CT molecular complexity index is 145. The molecule has 0 aliphatic heterocycles. The summed E-state index contributed by atoms with van der Waals surface area (Å²) in [5.41, 5.74) is 0. The van der Waals surface area contributed by atoms with Crippen molar-refractivity contribution in [3.8, 4) is 0 Å². The summed E-state index contributed by atoms with van der Waals surface area (Å²) in [6.07, 6.45) is 1.23. The van der Waals surface area contributed by atoms with Crippen molar-refractivity contribution in [1.82, 2.24) is 9.80 Å². The van der Waals surface area contributed by atoms with Gasteiger partial charge < -0.3 is 4.90 Å². The summed E-state index contributed by atoms with van der Waals surface area (Å²) in [6, 6.07) is 1.96. The van der Waals surface area contributed by atoms with Gasteiger partial charge in [0.25, 0.3) is 0 Å². The van der Waals surface area contributed by atoms with E-state index in [1.165, 1.54) is 6.42 Å². The van der Waals surface area contributed by atoms with Gasteiger partial charge in [0.2, 0.25) is 0 Å². The molecule has 0 rings (SSSR count). The normalized spacial score (nSPS) is 16.7. The highest BCUT2D eigenvalue weighted by Gasteiger charge is 2.16. The van der Waals surface area contributed by atoms with E-state index in [2.05, 4.69) is 58.5 Å². The van der Waals surface area contributed by atoms with Crippen LogP contribution in [0.25, 0.3) is 0 Å². The molecule has 0 N–H and O–H groups in total. The summed E-state index contributed by atoms with van der Waals surface area (Å²) < 4.78 is 0. The van der Waals surface area contributed by atoms with Gasteiger partial charge in [-0.15, -0.1) is 0 Å². The molecule has 0 aliphatic carbocycles. The molecule has 0 fully saturated rings. The van der Waals surface area contributed by atoms with Crippen LogP contribution in [0.4, 0.5) is 0 Å². The molecule has 14 heavy (non-hydrogen) atoms. The zero-order valence-corrected chi connectivity index (χ0v) is 11.0. The van der Waals surface area contributed by atoms with Crippen LogP contribution in [0, 0.1) is 0 Å². The fourth-order valence-electron chi connectivity index (χ4n) is 1.48. The van der Waals surface area contributed by atoms with Gasteiger partial charge in [-0.2, -0.15) is 0 Å². The number of hydrogen-bond donors (Lipinski definition) is 0. The standard InChI is InChI=1S/C12H28N2/c1-8-11(4)14(7)12(5)9-13(6)10(2)3/h10-12H,8-9H2,1-7H3. The van der Waals surface area contributed by atoms with Crippen LogP contribution in [0.3, 0.4) is 0 Å². The minimum atomic E-state index is 0.636. The van der Waals surface area contributed by atoms with Gasteiger partial charge >= 0.3 is 0 Å². The van der Waals surface area contributed by atoms with E-state index in [1.54, 1.807) is 0 Å². The largest absolute Gasteiger partial charge is 0.302 e. The van der Waals surface area contributed by atoms with Crippen molar-refractivity contribution in [2.45, 2.75) is 59.2 Å². The lowest BCUT2D eigenvalue weighted by Crippen LogP contribution is -2.44. The van der Waals surface area contributed by atoms with Gasteiger partial charge in [-0.1, -0.05) is 6.92 Å². The Balaban J connectivity index is 4.00. The molecule has 0 bridgehead atoms. The molecule has 0 aliphatic rings. The third-order valence-electron chi connectivity index (χ3n) is 3.42. The molecular formula is C12H28N2. The molecule has 0 amide bonds. The lowest BCUT2D eigenvalue weighted by Gasteiger charge is -2.34. The van der Waals surface area contributed by atoms with Gasteiger partial charge in [0.15, 0.2) is 0 Å². The van der Waals surface area contributed by atoms with Crippen LogP contribution >= 0.6 is 0 Å². The van der Waals surface area contributed by atoms with E-state index in [0.717, 1.165) is 6.54 Å². The third kappa shape index (κ3) is 4.43. The van der Waals surface area contributed by atoms with E-state index in [4.69, 9.17) is 0 Å². The van der Waals surface area contributed by atoms with Gasteiger partial charge in [-0.3, -0.25) is 4.90 Å². The SMILES string of the molecule is CCC(C)N(C)C(C)CN(C)C(C)C. The Morgan fingerprint density at radius 2 is 1.43 bits per heavy atom. The first-order valence-electron chi connectivity index (χ1n) is 5.82. The highest BCUT2D eigenvalue weighted by molar-refractivity contribution is 4.73. The van der Waals surface area contributed by atoms with Gasteiger partial charge in [0.1, 0.15) is 0 Å². The molecule has 0 spiro atoms. The topological polar surface area (TPSA) is 6.48 Å². The first-order chi connectivity index (χ1) is 6.40. The van der Waals surface area contributed by atoms with E-state index in [1.807, 2.05) is 0 Å². The first-order valence-corrected chi connectivity index (χ1v) is 5.82. The minimum Gasteiger partial charge on any atom is -0.302 e. The molecule has 2 nitrogen and oxygen atoms in total. The number of likely N-dealkylation sites (N-methyl/N-ethyl adjacent to an activating group) is 2. The third-order valence-corrected chi connectivity index (χ3v) is 3.42. The van der Waals surface area contributed by atoms with E-state index >= 15 is 0 Å². The van der Waals surface area contributed by atoms with Crippen LogP contribution in [0.1, 0.15) is 41.0 Å². The molecule has 86 valence electrons. The lowest BCUT2D eigenvalue weighted by molar-refractivity contribution is 0.137. The summed E-state index contributed by atoms with van der Waals surface area (Å²) in [4.78, 5) is 4.88. The van der Waals surface area contributed by atoms with Gasteiger partial charge in [-0.25, -0.2) is 0 Å². The van der Waals surface area contributed by atoms with Gasteiger partial charge in [-0.05, 0) is 48.2 Å². The number of hydrogen-bond acceptors (Lipinski definition) is 2. The first kappa shape index (κ1) is 13.9. The molecule has 0 radical (unpaired) electrons. The van der Waals surface area contributed by atoms with Crippen molar-refractivity contribution in [2.24, 2.45) is 0 Å². The zero-order valence-electron chi connectivity index (χ0n) is 11.0. The molecule has 0 heterocycles. The van der Waals surface area contributed by atoms with Crippen molar-refractivity contribution in [3.63, 3.8) is 0 Å². The fraction of sp³-hybridized carbons (Fsp3) is 1.00. The summed E-state index contributed by atoms with van der Waals surface area (Å²) >= 11 is 0. The van der Waals surface area contributed by atoms with Crippen LogP contribution in [-0.4, -0.2) is 48.6 Å². The lowest BCUT2D eigenvalue weighted by atomic mass is 10.1. The van der Waals surface area contributed by atoms with Crippen molar-refractivity contribution in [1.29, 1.82) is 0 Å². The van der Waals surface area contributed by atoms with Crippen LogP contribution in [-0.2, 0) is 0 Å². The molecule has 2 heteroatoms. The number of nitrogens with zero attached hydrogens (tertiary/aromatic N) is 2. The monoisotopic (exact) mass is 200 g/mol. The summed E-state index contributed by atoms with van der Waals surface area (Å²) in [5.74, 6) is 0. The number of rotatable bonds is 6. The average Bonchev–Trinajstić information content (AvgIpc) is 2.14.